The van der Waals surface area contributed by atoms with E-state index in [9.17, 15) is 14.9 Å². The molecule has 5 rings (SSSR count). The van der Waals surface area contributed by atoms with Gasteiger partial charge in [0.15, 0.2) is 17.3 Å². The molecule has 0 unspecified atom stereocenters. The lowest BCUT2D eigenvalue weighted by atomic mass is 9.83. The highest BCUT2D eigenvalue weighted by Crippen LogP contribution is 2.48. The van der Waals surface area contributed by atoms with E-state index in [4.69, 9.17) is 21.1 Å². The number of ether oxygens (including phenoxy) is 2. The molecule has 4 atom stereocenters. The molecule has 7 nitrogen and oxygen atoms in total. The first kappa shape index (κ1) is 22.9. The third-order valence-electron chi connectivity index (χ3n) is 6.80. The third-order valence-corrected chi connectivity index (χ3v) is 7.05. The number of carbonyl (C=O) groups excluding carboxylic acids is 1. The first-order chi connectivity index (χ1) is 16.9. The van der Waals surface area contributed by atoms with Crippen molar-refractivity contribution >= 4 is 29.1 Å². The maximum atomic E-state index is 14.1. The van der Waals surface area contributed by atoms with E-state index in [1.807, 2.05) is 41.3 Å². The van der Waals surface area contributed by atoms with Crippen LogP contribution in [0.4, 0.5) is 5.69 Å². The fraction of sp³-hybridized carbons (Fsp3) is 0.222. The smallest absolute Gasteiger partial charge is 0.245 e. The van der Waals surface area contributed by atoms with Crippen LogP contribution in [-0.2, 0) is 0 Å². The van der Waals surface area contributed by atoms with Gasteiger partial charge in [0.1, 0.15) is 12.1 Å². The number of nitro groups is 1. The summed E-state index contributed by atoms with van der Waals surface area (Å²) in [6.07, 6.45) is 3.73. The summed E-state index contributed by atoms with van der Waals surface area (Å²) in [6, 6.07) is 17.0. The predicted octanol–water partition coefficient (Wildman–Crippen LogP) is 5.25. The lowest BCUT2D eigenvalue weighted by Crippen LogP contribution is -2.44. The van der Waals surface area contributed by atoms with Gasteiger partial charge in [0.25, 0.3) is 0 Å². The number of para-hydroxylation sites is 1. The number of fused-ring (bicyclic) bond motifs is 3. The van der Waals surface area contributed by atoms with Crippen LogP contribution in [0.1, 0.15) is 27.4 Å². The van der Waals surface area contributed by atoms with Crippen LogP contribution in [0.2, 0.25) is 5.02 Å². The van der Waals surface area contributed by atoms with E-state index in [0.717, 1.165) is 11.3 Å². The van der Waals surface area contributed by atoms with Gasteiger partial charge < -0.3 is 14.4 Å². The van der Waals surface area contributed by atoms with Crippen LogP contribution in [-0.4, -0.2) is 43.1 Å². The second-order valence-electron chi connectivity index (χ2n) is 8.55. The van der Waals surface area contributed by atoms with E-state index in [2.05, 4.69) is 0 Å². The van der Waals surface area contributed by atoms with Crippen LogP contribution in [0.25, 0.3) is 6.08 Å². The zero-order chi connectivity index (χ0) is 24.7. The number of carbonyl (C=O) groups is 1. The number of hydrogen-bond donors (Lipinski definition) is 0. The van der Waals surface area contributed by atoms with E-state index < -0.39 is 24.0 Å². The average molecular weight is 491 g/mol. The van der Waals surface area contributed by atoms with E-state index in [-0.39, 0.29) is 10.7 Å². The van der Waals surface area contributed by atoms with Gasteiger partial charge in [-0.25, -0.2) is 0 Å². The SMILES string of the molecule is COc1ccc([C@@H]2[C@@H]([N+](=O)[O-])[C@H]3C=Cc4ccccc4N3[C@H]2C(=O)c2ccc(Cl)cc2)cc1OC. The topological polar surface area (TPSA) is 81.9 Å². The fourth-order valence-corrected chi connectivity index (χ4v) is 5.40. The second kappa shape index (κ2) is 9.07. The molecule has 0 aliphatic carbocycles. The molecule has 2 aliphatic heterocycles. The molecule has 0 N–H and O–H groups in total. The Morgan fingerprint density at radius 1 is 1.00 bits per heavy atom. The molecule has 0 amide bonds. The van der Waals surface area contributed by atoms with Crippen LogP contribution in [0.3, 0.4) is 0 Å². The quantitative estimate of drug-likeness (QED) is 0.266. The van der Waals surface area contributed by atoms with Gasteiger partial charge in [0, 0.05) is 21.2 Å². The monoisotopic (exact) mass is 490 g/mol. The number of anilines is 1. The molecule has 0 radical (unpaired) electrons. The number of ketones is 1. The van der Waals surface area contributed by atoms with Crippen molar-refractivity contribution < 1.29 is 19.2 Å². The Morgan fingerprint density at radius 3 is 2.40 bits per heavy atom. The molecule has 3 aromatic rings. The van der Waals surface area contributed by atoms with Crippen molar-refractivity contribution in [2.24, 2.45) is 0 Å². The summed E-state index contributed by atoms with van der Waals surface area (Å²) in [7, 11) is 3.04. The molecule has 0 saturated carbocycles. The van der Waals surface area contributed by atoms with Gasteiger partial charge in [-0.3, -0.25) is 14.9 Å². The summed E-state index contributed by atoms with van der Waals surface area (Å²) < 4.78 is 10.8. The normalized spacial score (nSPS) is 22.3. The first-order valence-electron chi connectivity index (χ1n) is 11.2. The number of methoxy groups -OCH3 is 2. The highest BCUT2D eigenvalue weighted by Gasteiger charge is 2.59. The Labute approximate surface area is 207 Å². The van der Waals surface area contributed by atoms with Crippen molar-refractivity contribution in [1.29, 1.82) is 0 Å². The van der Waals surface area contributed by atoms with Crippen molar-refractivity contribution in [3.8, 4) is 11.5 Å². The maximum Gasteiger partial charge on any atom is 0.245 e. The molecule has 2 aliphatic rings. The van der Waals surface area contributed by atoms with Crippen molar-refractivity contribution in [3.63, 3.8) is 0 Å². The Balaban J connectivity index is 1.72. The summed E-state index contributed by atoms with van der Waals surface area (Å²) in [5, 5.41) is 13.1. The Bertz CT molecular complexity index is 1320. The largest absolute Gasteiger partial charge is 0.493 e. The maximum absolute atomic E-state index is 14.1. The van der Waals surface area contributed by atoms with E-state index in [1.165, 1.54) is 14.2 Å². The van der Waals surface area contributed by atoms with Crippen LogP contribution in [0.15, 0.2) is 72.8 Å². The van der Waals surface area contributed by atoms with Crippen molar-refractivity contribution in [1.82, 2.24) is 0 Å². The lowest BCUT2D eigenvalue weighted by molar-refractivity contribution is -0.524. The minimum Gasteiger partial charge on any atom is -0.493 e. The lowest BCUT2D eigenvalue weighted by Gasteiger charge is -2.34. The molecule has 35 heavy (non-hydrogen) atoms. The number of hydrogen-bond acceptors (Lipinski definition) is 6. The molecular formula is C27H23ClN2O5. The zero-order valence-corrected chi connectivity index (χ0v) is 19.9. The number of nitrogens with zero attached hydrogens (tertiary/aromatic N) is 2. The van der Waals surface area contributed by atoms with Crippen LogP contribution < -0.4 is 14.4 Å². The minimum absolute atomic E-state index is 0.207. The summed E-state index contributed by atoms with van der Waals surface area (Å²) >= 11 is 6.06. The molecule has 0 spiro atoms. The van der Waals surface area contributed by atoms with E-state index >= 15 is 0 Å². The van der Waals surface area contributed by atoms with Crippen LogP contribution in [0.5, 0.6) is 11.5 Å². The number of halogens is 1. The highest BCUT2D eigenvalue weighted by atomic mass is 35.5. The summed E-state index contributed by atoms with van der Waals surface area (Å²) in [5.74, 6) is 0.00995. The highest BCUT2D eigenvalue weighted by molar-refractivity contribution is 6.30. The first-order valence-corrected chi connectivity index (χ1v) is 11.5. The van der Waals surface area contributed by atoms with E-state index in [1.54, 1.807) is 42.5 Å². The molecule has 1 fully saturated rings. The fourth-order valence-electron chi connectivity index (χ4n) is 5.27. The zero-order valence-electron chi connectivity index (χ0n) is 19.1. The molecular weight excluding hydrogens is 468 g/mol. The van der Waals surface area contributed by atoms with Gasteiger partial charge in [-0.05, 0) is 53.6 Å². The van der Waals surface area contributed by atoms with Crippen molar-refractivity contribution in [2.45, 2.75) is 24.0 Å². The van der Waals surface area contributed by atoms with Crippen LogP contribution >= 0.6 is 11.6 Å². The molecule has 2 heterocycles. The summed E-state index contributed by atoms with van der Waals surface area (Å²) in [6.45, 7) is 0. The predicted molar refractivity (Wildman–Crippen MR) is 134 cm³/mol. The molecule has 0 aromatic heterocycles. The van der Waals surface area contributed by atoms with Gasteiger partial charge in [-0.1, -0.05) is 48.0 Å². The van der Waals surface area contributed by atoms with E-state index in [0.29, 0.717) is 27.6 Å². The van der Waals surface area contributed by atoms with Gasteiger partial charge in [-0.15, -0.1) is 0 Å². The Hall–Kier alpha value is -3.84. The van der Waals surface area contributed by atoms with Crippen LogP contribution in [0, 0.1) is 10.1 Å². The Morgan fingerprint density at radius 2 is 1.71 bits per heavy atom. The van der Waals surface area contributed by atoms with Crippen molar-refractivity contribution in [3.05, 3.63) is 105 Å². The molecule has 178 valence electrons. The number of rotatable bonds is 6. The summed E-state index contributed by atoms with van der Waals surface area (Å²) in [5.41, 5.74) is 2.78. The molecule has 8 heteroatoms. The summed E-state index contributed by atoms with van der Waals surface area (Å²) in [4.78, 5) is 28.2. The number of benzene rings is 3. The molecule has 0 bridgehead atoms. The molecule has 1 saturated heterocycles. The Kier molecular flexibility index (Phi) is 5.94. The van der Waals surface area contributed by atoms with Gasteiger partial charge >= 0.3 is 0 Å². The average Bonchev–Trinajstić information content (AvgIpc) is 3.24. The van der Waals surface area contributed by atoms with Gasteiger partial charge in [0.2, 0.25) is 6.04 Å². The third kappa shape index (κ3) is 3.82. The van der Waals surface area contributed by atoms with Crippen molar-refractivity contribution in [2.75, 3.05) is 19.1 Å². The number of Topliss-reactive ketones (excluding diaryl/α,β-unsaturated/α-hetero) is 1. The van der Waals surface area contributed by atoms with Gasteiger partial charge in [0.05, 0.1) is 20.1 Å². The standard InChI is InChI=1S/C27H23ClN2O5/c1-34-22-14-10-18(15-23(22)35-2)24-25(30(32)33)21-13-9-16-5-3-4-6-20(16)29(21)26(24)27(31)17-7-11-19(28)12-8-17/h3-15,21,24-26H,1-2H3/t21-,24-,25+,26-/m1/s1. The van der Waals surface area contributed by atoms with Gasteiger partial charge in [-0.2, -0.15) is 0 Å². The molecule has 3 aromatic carbocycles. The minimum atomic E-state index is -1.06. The second-order valence-corrected chi connectivity index (χ2v) is 8.98.